The van der Waals surface area contributed by atoms with Gasteiger partial charge in [-0.15, -0.1) is 0 Å². The van der Waals surface area contributed by atoms with E-state index in [1.165, 1.54) is 6.07 Å². The normalized spacial score (nSPS) is 17.6. The van der Waals surface area contributed by atoms with E-state index in [1.54, 1.807) is 29.2 Å². The molecule has 1 aliphatic heterocycles. The number of morpholine rings is 1. The van der Waals surface area contributed by atoms with Crippen LogP contribution in [0.1, 0.15) is 22.2 Å². The maximum absolute atomic E-state index is 12.8. The van der Waals surface area contributed by atoms with Gasteiger partial charge in [0.2, 0.25) is 0 Å². The second kappa shape index (κ2) is 6.53. The Morgan fingerprint density at radius 2 is 1.80 bits per heavy atom. The topological polar surface area (TPSA) is 59.8 Å². The summed E-state index contributed by atoms with van der Waals surface area (Å²) in [5.74, 6) is -0.218. The molecule has 25 heavy (non-hydrogen) atoms. The summed E-state index contributed by atoms with van der Waals surface area (Å²) in [6, 6.07) is 18.0. The Kier molecular flexibility index (Phi) is 4.07. The van der Waals surface area contributed by atoms with Crippen molar-refractivity contribution in [1.82, 2.24) is 4.90 Å². The predicted molar refractivity (Wildman–Crippen MR) is 93.5 cm³/mol. The number of rotatable bonds is 2. The van der Waals surface area contributed by atoms with Crippen LogP contribution in [0.15, 0.2) is 69.9 Å². The van der Waals surface area contributed by atoms with Crippen LogP contribution in [0.25, 0.3) is 11.0 Å². The molecule has 2 aromatic carbocycles. The Hall–Kier alpha value is -2.92. The highest BCUT2D eigenvalue weighted by Gasteiger charge is 2.27. The first-order chi connectivity index (χ1) is 12.2. The molecule has 2 heterocycles. The molecule has 1 aliphatic rings. The minimum Gasteiger partial charge on any atom is -0.451 e. The fourth-order valence-electron chi connectivity index (χ4n) is 3.07. The second-order valence-corrected chi connectivity index (χ2v) is 5.99. The molecule has 0 aliphatic carbocycles. The Balaban J connectivity index is 1.61. The van der Waals surface area contributed by atoms with Crippen molar-refractivity contribution < 1.29 is 13.9 Å². The molecule has 1 unspecified atom stereocenters. The van der Waals surface area contributed by atoms with Crippen LogP contribution < -0.4 is 5.43 Å². The molecule has 1 amide bonds. The largest absolute Gasteiger partial charge is 0.451 e. The number of nitrogens with zero attached hydrogens (tertiary/aromatic N) is 1. The number of ether oxygens (including phenoxy) is 1. The molecule has 5 heteroatoms. The van der Waals surface area contributed by atoms with Crippen molar-refractivity contribution in [3.8, 4) is 0 Å². The minimum atomic E-state index is -0.285. The lowest BCUT2D eigenvalue weighted by molar-refractivity contribution is -0.0237. The van der Waals surface area contributed by atoms with Gasteiger partial charge in [0.15, 0.2) is 11.2 Å². The van der Waals surface area contributed by atoms with Gasteiger partial charge in [0.1, 0.15) is 11.7 Å². The number of hydrogen-bond donors (Lipinski definition) is 0. The van der Waals surface area contributed by atoms with E-state index in [9.17, 15) is 9.59 Å². The molecular formula is C20H17NO4. The van der Waals surface area contributed by atoms with E-state index >= 15 is 0 Å². The van der Waals surface area contributed by atoms with E-state index in [0.717, 1.165) is 5.56 Å². The van der Waals surface area contributed by atoms with E-state index in [1.807, 2.05) is 30.3 Å². The standard InChI is InChI=1S/C20H17NO4/c22-16-12-18(25-17-9-5-4-8-15(16)17)20(23)21-10-11-24-19(13-21)14-6-2-1-3-7-14/h1-9,12,19H,10-11,13H2. The highest BCUT2D eigenvalue weighted by molar-refractivity contribution is 5.93. The molecular weight excluding hydrogens is 318 g/mol. The maximum Gasteiger partial charge on any atom is 0.289 e. The van der Waals surface area contributed by atoms with Crippen molar-refractivity contribution in [3.05, 3.63) is 82.2 Å². The molecule has 1 aromatic heterocycles. The van der Waals surface area contributed by atoms with Crippen molar-refractivity contribution in [2.45, 2.75) is 6.10 Å². The van der Waals surface area contributed by atoms with E-state index in [0.29, 0.717) is 30.7 Å². The first-order valence-electron chi connectivity index (χ1n) is 8.21. The highest BCUT2D eigenvalue weighted by Crippen LogP contribution is 2.23. The number of fused-ring (bicyclic) bond motifs is 1. The zero-order valence-corrected chi connectivity index (χ0v) is 13.6. The number of hydrogen-bond acceptors (Lipinski definition) is 4. The molecule has 0 radical (unpaired) electrons. The van der Waals surface area contributed by atoms with Crippen LogP contribution in [0.5, 0.6) is 0 Å². The van der Waals surface area contributed by atoms with Crippen molar-refractivity contribution in [3.63, 3.8) is 0 Å². The predicted octanol–water partition coefficient (Wildman–Crippen LogP) is 3.01. The summed E-state index contributed by atoms with van der Waals surface area (Å²) in [4.78, 5) is 26.7. The van der Waals surface area contributed by atoms with Crippen molar-refractivity contribution >= 4 is 16.9 Å². The van der Waals surface area contributed by atoms with Gasteiger partial charge in [-0.3, -0.25) is 9.59 Å². The summed E-state index contributed by atoms with van der Waals surface area (Å²) in [6.45, 7) is 1.35. The third kappa shape index (κ3) is 3.06. The molecule has 0 saturated carbocycles. The Morgan fingerprint density at radius 1 is 1.04 bits per heavy atom. The molecule has 0 bridgehead atoms. The van der Waals surface area contributed by atoms with E-state index in [2.05, 4.69) is 0 Å². The zero-order chi connectivity index (χ0) is 17.2. The van der Waals surface area contributed by atoms with E-state index in [-0.39, 0.29) is 23.2 Å². The zero-order valence-electron chi connectivity index (χ0n) is 13.6. The van der Waals surface area contributed by atoms with Crippen molar-refractivity contribution in [1.29, 1.82) is 0 Å². The fourth-order valence-corrected chi connectivity index (χ4v) is 3.07. The van der Waals surface area contributed by atoms with Gasteiger partial charge in [-0.1, -0.05) is 42.5 Å². The summed E-state index contributed by atoms with van der Waals surface area (Å²) >= 11 is 0. The van der Waals surface area contributed by atoms with Gasteiger partial charge >= 0.3 is 0 Å². The van der Waals surface area contributed by atoms with Crippen LogP contribution in [-0.4, -0.2) is 30.5 Å². The summed E-state index contributed by atoms with van der Waals surface area (Å²) in [5.41, 5.74) is 1.24. The van der Waals surface area contributed by atoms with Crippen molar-refractivity contribution in [2.24, 2.45) is 0 Å². The molecule has 1 atom stereocenters. The lowest BCUT2D eigenvalue weighted by Gasteiger charge is -2.32. The summed E-state index contributed by atoms with van der Waals surface area (Å²) < 4.78 is 11.5. The quantitative estimate of drug-likeness (QED) is 0.722. The minimum absolute atomic E-state index is 0.0670. The van der Waals surface area contributed by atoms with Crippen LogP contribution in [0.4, 0.5) is 0 Å². The number of para-hydroxylation sites is 1. The van der Waals surface area contributed by atoms with Gasteiger partial charge in [0, 0.05) is 12.6 Å². The lowest BCUT2D eigenvalue weighted by atomic mass is 10.1. The van der Waals surface area contributed by atoms with Crippen LogP contribution in [0.3, 0.4) is 0 Å². The average molecular weight is 335 g/mol. The van der Waals surface area contributed by atoms with Crippen LogP contribution in [-0.2, 0) is 4.74 Å². The van der Waals surface area contributed by atoms with Gasteiger partial charge < -0.3 is 14.1 Å². The first kappa shape index (κ1) is 15.6. The van der Waals surface area contributed by atoms with Gasteiger partial charge in [0.25, 0.3) is 5.91 Å². The molecule has 3 aromatic rings. The Labute approximate surface area is 144 Å². The fraction of sp³-hybridized carbons (Fsp3) is 0.200. The molecule has 4 rings (SSSR count). The van der Waals surface area contributed by atoms with Crippen LogP contribution in [0.2, 0.25) is 0 Å². The SMILES string of the molecule is O=C(c1cc(=O)c2ccccc2o1)N1CCOC(c2ccccc2)C1. The Bertz CT molecular complexity index is 964. The molecule has 126 valence electrons. The van der Waals surface area contributed by atoms with Crippen LogP contribution in [0, 0.1) is 0 Å². The first-order valence-corrected chi connectivity index (χ1v) is 8.21. The summed E-state index contributed by atoms with van der Waals surface area (Å²) in [6.07, 6.45) is -0.175. The van der Waals surface area contributed by atoms with E-state index < -0.39 is 0 Å². The number of carbonyl (C=O) groups is 1. The monoisotopic (exact) mass is 335 g/mol. The second-order valence-electron chi connectivity index (χ2n) is 5.99. The maximum atomic E-state index is 12.8. The van der Waals surface area contributed by atoms with Gasteiger partial charge in [-0.2, -0.15) is 0 Å². The summed E-state index contributed by atoms with van der Waals surface area (Å²) in [7, 11) is 0. The van der Waals surface area contributed by atoms with E-state index in [4.69, 9.17) is 9.15 Å². The average Bonchev–Trinajstić information content (AvgIpc) is 2.68. The van der Waals surface area contributed by atoms with Crippen molar-refractivity contribution in [2.75, 3.05) is 19.7 Å². The highest BCUT2D eigenvalue weighted by atomic mass is 16.5. The van der Waals surface area contributed by atoms with Gasteiger partial charge in [-0.25, -0.2) is 0 Å². The van der Waals surface area contributed by atoms with Crippen LogP contribution >= 0.6 is 0 Å². The Morgan fingerprint density at radius 3 is 2.64 bits per heavy atom. The molecule has 0 N–H and O–H groups in total. The molecule has 1 fully saturated rings. The molecule has 0 spiro atoms. The number of carbonyl (C=O) groups excluding carboxylic acids is 1. The molecule has 5 nitrogen and oxygen atoms in total. The number of benzene rings is 2. The third-order valence-electron chi connectivity index (χ3n) is 4.37. The molecule has 1 saturated heterocycles. The summed E-state index contributed by atoms with van der Waals surface area (Å²) in [5, 5.41) is 0.475. The van der Waals surface area contributed by atoms with Gasteiger partial charge in [0.05, 0.1) is 18.5 Å². The third-order valence-corrected chi connectivity index (χ3v) is 4.37. The van der Waals surface area contributed by atoms with Gasteiger partial charge in [-0.05, 0) is 17.7 Å². The lowest BCUT2D eigenvalue weighted by Crippen LogP contribution is -2.42. The smallest absolute Gasteiger partial charge is 0.289 e. The number of amides is 1.